The third-order valence-electron chi connectivity index (χ3n) is 13.6. The van der Waals surface area contributed by atoms with Gasteiger partial charge in [-0.1, -0.05) is 211 Å². The second kappa shape index (κ2) is 53.4. The maximum absolute atomic E-state index is 13.3. The first-order valence-corrected chi connectivity index (χ1v) is 30.3. The fourth-order valence-corrected chi connectivity index (χ4v) is 8.76. The second-order valence-electron chi connectivity index (χ2n) is 21.0. The molecule has 0 fully saturated rings. The van der Waals surface area contributed by atoms with E-state index in [9.17, 15) is 29.1 Å². The average Bonchev–Trinajstić information content (AvgIpc) is 3.37. The highest BCUT2D eigenvalue weighted by atomic mass is 16.6. The van der Waals surface area contributed by atoms with E-state index in [1.54, 1.807) is 0 Å². The van der Waals surface area contributed by atoms with Crippen molar-refractivity contribution in [2.45, 2.75) is 308 Å². The number of hydrogen-bond donors (Lipinski definition) is 3. The Morgan fingerprint density at radius 2 is 0.630 bits per heavy atom. The summed E-state index contributed by atoms with van der Waals surface area (Å²) in [6.07, 6.45) is 57.9. The molecule has 0 aromatic heterocycles. The van der Waals surface area contributed by atoms with Crippen LogP contribution in [-0.4, -0.2) is 66.3 Å². The molecule has 0 saturated heterocycles. The summed E-state index contributed by atoms with van der Waals surface area (Å²) in [6, 6.07) is -1.49. The number of rotatable bonds is 55. The Kier molecular flexibility index (Phi) is 50.8. The number of carbonyl (C=O) groups is 5. The summed E-state index contributed by atoms with van der Waals surface area (Å²) in [5, 5.41) is 12.1. The molecule has 0 aliphatic carbocycles. The first-order valence-electron chi connectivity index (χ1n) is 30.3. The molecule has 0 bridgehead atoms. The van der Waals surface area contributed by atoms with Gasteiger partial charge in [-0.3, -0.25) is 24.0 Å². The van der Waals surface area contributed by atoms with E-state index in [0.717, 1.165) is 116 Å². The van der Waals surface area contributed by atoms with E-state index in [2.05, 4.69) is 62.5 Å². The van der Waals surface area contributed by atoms with Crippen molar-refractivity contribution in [1.82, 2.24) is 5.32 Å². The quantitative estimate of drug-likeness (QED) is 0.0230. The summed E-state index contributed by atoms with van der Waals surface area (Å²) in [4.78, 5) is 64.2. The zero-order valence-electron chi connectivity index (χ0n) is 47.4. The van der Waals surface area contributed by atoms with Crippen LogP contribution in [0.3, 0.4) is 0 Å². The number of nitrogens with one attached hydrogen (secondary N) is 1. The van der Waals surface area contributed by atoms with Crippen LogP contribution in [0.4, 0.5) is 0 Å². The molecule has 0 aromatic rings. The fourth-order valence-electron chi connectivity index (χ4n) is 8.76. The Morgan fingerprint density at radius 1 is 0.397 bits per heavy atom. The third kappa shape index (κ3) is 49.2. The summed E-state index contributed by atoms with van der Waals surface area (Å²) >= 11 is 0. The highest BCUT2D eigenvalue weighted by Gasteiger charge is 2.38. The Balaban J connectivity index is 5.27. The first-order chi connectivity index (χ1) is 35.6. The number of esters is 3. The van der Waals surface area contributed by atoms with Gasteiger partial charge < -0.3 is 30.4 Å². The van der Waals surface area contributed by atoms with Gasteiger partial charge in [-0.25, -0.2) is 0 Å². The molecule has 0 unspecified atom stereocenters. The predicted octanol–water partition coefficient (Wildman–Crippen LogP) is 16.4. The number of carboxylic acids is 1. The third-order valence-corrected chi connectivity index (χ3v) is 13.6. The largest absolute Gasteiger partial charge is 0.480 e. The normalized spacial score (nSPS) is 12.3. The van der Waals surface area contributed by atoms with Crippen LogP contribution in [0.25, 0.3) is 0 Å². The lowest BCUT2D eigenvalue weighted by Crippen LogP contribution is -2.60. The summed E-state index contributed by atoms with van der Waals surface area (Å²) in [5.74, 6) is -3.58. The number of ether oxygens (including phenoxy) is 3. The van der Waals surface area contributed by atoms with E-state index < -0.39 is 67.6 Å². The van der Waals surface area contributed by atoms with Crippen LogP contribution in [0.5, 0.6) is 0 Å². The molecule has 4 N–H and O–H groups in total. The van der Waals surface area contributed by atoms with Gasteiger partial charge in [-0.2, -0.15) is 0 Å². The van der Waals surface area contributed by atoms with Gasteiger partial charge >= 0.3 is 23.9 Å². The van der Waals surface area contributed by atoms with Crippen LogP contribution in [0.15, 0.2) is 36.5 Å². The highest BCUT2D eigenvalue weighted by molar-refractivity contribution is 5.84. The zero-order chi connectivity index (χ0) is 53.6. The molecular formula is C62H112N2O9. The SMILES string of the molecule is CCCCCCCC/C=C\CCCCCCCC(=O)OCC(COC(=O)CCCCCCC/C=C\CCCCCCCC)(COC(=O)CCCCCCC/C=C\CCCCCCCC)NC(=O)C[C@H](N)C(=O)O. The summed E-state index contributed by atoms with van der Waals surface area (Å²) < 4.78 is 17.2. The molecular weight excluding hydrogens is 917 g/mol. The van der Waals surface area contributed by atoms with Crippen LogP contribution in [0.1, 0.15) is 297 Å². The van der Waals surface area contributed by atoms with Crippen LogP contribution in [0, 0.1) is 0 Å². The molecule has 0 rings (SSSR count). The van der Waals surface area contributed by atoms with Gasteiger partial charge in [-0.15, -0.1) is 0 Å². The summed E-state index contributed by atoms with van der Waals surface area (Å²) in [5.41, 5.74) is 4.07. The van der Waals surface area contributed by atoms with Crippen molar-refractivity contribution in [3.8, 4) is 0 Å². The van der Waals surface area contributed by atoms with Crippen molar-refractivity contribution in [3.05, 3.63) is 36.5 Å². The van der Waals surface area contributed by atoms with Crippen LogP contribution in [-0.2, 0) is 38.2 Å². The van der Waals surface area contributed by atoms with Gasteiger partial charge in [-0.05, 0) is 96.3 Å². The predicted molar refractivity (Wildman–Crippen MR) is 302 cm³/mol. The maximum Gasteiger partial charge on any atom is 0.321 e. The van der Waals surface area contributed by atoms with Crippen molar-refractivity contribution < 1.29 is 43.3 Å². The Bertz CT molecular complexity index is 1280. The van der Waals surface area contributed by atoms with Crippen molar-refractivity contribution >= 4 is 29.8 Å². The number of carboxylic acid groups (broad SMARTS) is 1. The van der Waals surface area contributed by atoms with Crippen LogP contribution < -0.4 is 11.1 Å². The second-order valence-corrected chi connectivity index (χ2v) is 21.0. The van der Waals surface area contributed by atoms with Crippen molar-refractivity contribution in [2.24, 2.45) is 5.73 Å². The van der Waals surface area contributed by atoms with Gasteiger partial charge in [0.05, 0.1) is 6.42 Å². The van der Waals surface area contributed by atoms with E-state index in [0.29, 0.717) is 19.3 Å². The van der Waals surface area contributed by atoms with E-state index in [1.165, 1.54) is 116 Å². The smallest absolute Gasteiger partial charge is 0.321 e. The van der Waals surface area contributed by atoms with E-state index in [-0.39, 0.29) is 19.3 Å². The van der Waals surface area contributed by atoms with E-state index >= 15 is 0 Å². The molecule has 424 valence electrons. The summed E-state index contributed by atoms with van der Waals surface area (Å²) in [7, 11) is 0. The molecule has 0 spiro atoms. The van der Waals surface area contributed by atoms with Crippen molar-refractivity contribution in [2.75, 3.05) is 19.8 Å². The van der Waals surface area contributed by atoms with Crippen molar-refractivity contribution in [1.29, 1.82) is 0 Å². The lowest BCUT2D eigenvalue weighted by Gasteiger charge is -2.33. The lowest BCUT2D eigenvalue weighted by atomic mass is 10.0. The molecule has 0 aromatic carbocycles. The number of unbranched alkanes of at least 4 members (excludes halogenated alkanes) is 33. The Labute approximate surface area is 447 Å². The van der Waals surface area contributed by atoms with Gasteiger partial charge in [0.15, 0.2) is 0 Å². The molecule has 1 amide bonds. The van der Waals surface area contributed by atoms with Gasteiger partial charge in [0.1, 0.15) is 31.4 Å². The molecule has 1 atom stereocenters. The molecule has 0 saturated carbocycles. The molecule has 0 radical (unpaired) electrons. The zero-order valence-corrected chi connectivity index (χ0v) is 47.4. The minimum absolute atomic E-state index is 0.163. The number of carbonyl (C=O) groups excluding carboxylic acids is 4. The van der Waals surface area contributed by atoms with Crippen LogP contribution >= 0.6 is 0 Å². The van der Waals surface area contributed by atoms with Crippen LogP contribution in [0.2, 0.25) is 0 Å². The number of allylic oxidation sites excluding steroid dienone is 6. The highest BCUT2D eigenvalue weighted by Crippen LogP contribution is 2.17. The number of aliphatic carboxylic acids is 1. The molecule has 11 nitrogen and oxygen atoms in total. The number of amides is 1. The molecule has 0 heterocycles. The van der Waals surface area contributed by atoms with Crippen molar-refractivity contribution in [3.63, 3.8) is 0 Å². The van der Waals surface area contributed by atoms with E-state index in [1.807, 2.05) is 0 Å². The average molecular weight is 1030 g/mol. The minimum atomic E-state index is -1.65. The molecule has 73 heavy (non-hydrogen) atoms. The minimum Gasteiger partial charge on any atom is -0.480 e. The first kappa shape index (κ1) is 69.5. The van der Waals surface area contributed by atoms with Gasteiger partial charge in [0.25, 0.3) is 0 Å². The lowest BCUT2D eigenvalue weighted by molar-refractivity contribution is -0.159. The Morgan fingerprint density at radius 3 is 0.877 bits per heavy atom. The number of nitrogens with two attached hydrogens (primary N) is 1. The standard InChI is InChI=1S/C62H112N2O9/c1-4-7-10-13-16-19-22-25-28-31-34-37-40-43-46-49-58(66)71-53-62(64-57(65)52-56(63)61(69)70,54-72-59(67)50-47-44-41-38-35-32-29-26-23-20-17-14-11-8-5-2)55-73-60(68)51-48-45-42-39-36-33-30-27-24-21-18-15-12-9-6-3/h25-30,56H,4-24,31-55,63H2,1-3H3,(H,64,65)(H,69,70)/b28-25-,29-26-,30-27-/t56-/m0/s1. The topological polar surface area (TPSA) is 171 Å². The fraction of sp³-hybridized carbons (Fsp3) is 0.823. The Hall–Kier alpha value is -3.47. The van der Waals surface area contributed by atoms with Gasteiger partial charge in [0.2, 0.25) is 5.91 Å². The monoisotopic (exact) mass is 1030 g/mol. The molecule has 0 aliphatic rings. The summed E-state index contributed by atoms with van der Waals surface area (Å²) in [6.45, 7) is 5.41. The molecule has 11 heteroatoms. The maximum atomic E-state index is 13.3. The van der Waals surface area contributed by atoms with Gasteiger partial charge in [0, 0.05) is 19.3 Å². The number of hydrogen-bond acceptors (Lipinski definition) is 9. The van der Waals surface area contributed by atoms with E-state index in [4.69, 9.17) is 19.9 Å². The molecule has 0 aliphatic heterocycles.